The summed E-state index contributed by atoms with van der Waals surface area (Å²) in [6, 6.07) is 7.63. The van der Waals surface area contributed by atoms with Gasteiger partial charge in [0.25, 0.3) is 0 Å². The van der Waals surface area contributed by atoms with Crippen molar-refractivity contribution in [1.29, 1.82) is 5.26 Å². The largest absolute Gasteiger partial charge is 0.306 e. The number of aromatic nitrogens is 3. The predicted molar refractivity (Wildman–Crippen MR) is 63.2 cm³/mol. The Kier molecular flexibility index (Phi) is 2.30. The van der Waals surface area contributed by atoms with Gasteiger partial charge in [-0.25, -0.2) is 4.68 Å². The fourth-order valence-electron chi connectivity index (χ4n) is 2.36. The molecule has 0 N–H and O–H groups in total. The molecule has 0 atom stereocenters. The first-order valence-corrected chi connectivity index (χ1v) is 5.68. The Balaban J connectivity index is 1.91. The van der Waals surface area contributed by atoms with Gasteiger partial charge in [-0.2, -0.15) is 5.26 Å². The van der Waals surface area contributed by atoms with Gasteiger partial charge in [0, 0.05) is 25.6 Å². The summed E-state index contributed by atoms with van der Waals surface area (Å²) in [4.78, 5) is 2.28. The van der Waals surface area contributed by atoms with Crippen molar-refractivity contribution in [2.45, 2.75) is 6.54 Å². The Morgan fingerprint density at radius 2 is 2.29 bits per heavy atom. The Morgan fingerprint density at radius 3 is 3.00 bits per heavy atom. The zero-order valence-electron chi connectivity index (χ0n) is 9.67. The van der Waals surface area contributed by atoms with Crippen LogP contribution in [0.15, 0.2) is 18.2 Å². The molecule has 3 rings (SSSR count). The van der Waals surface area contributed by atoms with Crippen molar-refractivity contribution in [1.82, 2.24) is 19.9 Å². The van der Waals surface area contributed by atoms with E-state index in [0.717, 1.165) is 30.7 Å². The molecule has 0 saturated carbocycles. The van der Waals surface area contributed by atoms with Crippen LogP contribution in [0.2, 0.25) is 0 Å². The fraction of sp³-hybridized carbons (Fsp3) is 0.417. The van der Waals surface area contributed by atoms with Gasteiger partial charge in [-0.1, -0.05) is 5.21 Å². The second-order valence-electron chi connectivity index (χ2n) is 4.67. The van der Waals surface area contributed by atoms with E-state index in [2.05, 4.69) is 28.3 Å². The number of likely N-dealkylation sites (tertiary alicyclic amines) is 1. The lowest BCUT2D eigenvalue weighted by Crippen LogP contribution is -2.45. The van der Waals surface area contributed by atoms with Gasteiger partial charge in [0.1, 0.15) is 5.52 Å². The van der Waals surface area contributed by atoms with E-state index in [1.807, 2.05) is 16.8 Å². The average molecular weight is 227 g/mol. The molecular formula is C12H13N5. The quantitative estimate of drug-likeness (QED) is 0.763. The standard InChI is InChI=1S/C12H13N5/c1-16-6-10(7-16)8-17-12-4-9(5-13)2-3-11(12)14-15-17/h2-4,10H,6-8H2,1H3. The zero-order chi connectivity index (χ0) is 11.8. The van der Waals surface area contributed by atoms with Crippen LogP contribution in [0.25, 0.3) is 11.0 Å². The lowest BCUT2D eigenvalue weighted by molar-refractivity contribution is 0.116. The minimum atomic E-state index is 0.649. The van der Waals surface area contributed by atoms with Gasteiger partial charge < -0.3 is 4.90 Å². The summed E-state index contributed by atoms with van der Waals surface area (Å²) >= 11 is 0. The smallest absolute Gasteiger partial charge is 0.113 e. The van der Waals surface area contributed by atoms with Gasteiger partial charge in [-0.15, -0.1) is 5.10 Å². The zero-order valence-corrected chi connectivity index (χ0v) is 9.67. The van der Waals surface area contributed by atoms with Gasteiger partial charge in [-0.3, -0.25) is 0 Å². The summed E-state index contributed by atoms with van der Waals surface area (Å²) in [6.45, 7) is 3.11. The maximum atomic E-state index is 8.89. The first-order valence-electron chi connectivity index (χ1n) is 5.68. The van der Waals surface area contributed by atoms with E-state index in [-0.39, 0.29) is 0 Å². The predicted octanol–water partition coefficient (Wildman–Crippen LogP) is 0.865. The molecular weight excluding hydrogens is 214 g/mol. The highest BCUT2D eigenvalue weighted by Crippen LogP contribution is 2.18. The van der Waals surface area contributed by atoms with Gasteiger partial charge in [-0.05, 0) is 25.2 Å². The SMILES string of the molecule is CN1CC(Cn2nnc3ccc(C#N)cc32)C1. The third-order valence-corrected chi connectivity index (χ3v) is 3.21. The van der Waals surface area contributed by atoms with Crippen molar-refractivity contribution < 1.29 is 0 Å². The summed E-state index contributed by atoms with van der Waals surface area (Å²) in [5.74, 6) is 0.649. The van der Waals surface area contributed by atoms with Crippen LogP contribution in [-0.4, -0.2) is 40.0 Å². The number of rotatable bonds is 2. The molecule has 0 radical (unpaired) electrons. The van der Waals surface area contributed by atoms with Gasteiger partial charge in [0.15, 0.2) is 0 Å². The third kappa shape index (κ3) is 1.77. The lowest BCUT2D eigenvalue weighted by atomic mass is 10.0. The topological polar surface area (TPSA) is 57.7 Å². The fourth-order valence-corrected chi connectivity index (χ4v) is 2.36. The van der Waals surface area contributed by atoms with Crippen LogP contribution in [0, 0.1) is 17.2 Å². The number of nitriles is 1. The molecule has 0 amide bonds. The summed E-state index contributed by atoms with van der Waals surface area (Å²) in [5.41, 5.74) is 2.47. The number of hydrogen-bond acceptors (Lipinski definition) is 4. The maximum absolute atomic E-state index is 8.89. The molecule has 5 heteroatoms. The van der Waals surface area contributed by atoms with Crippen molar-refractivity contribution in [3.8, 4) is 6.07 Å². The highest BCUT2D eigenvalue weighted by atomic mass is 15.4. The van der Waals surface area contributed by atoms with Crippen LogP contribution >= 0.6 is 0 Å². The highest BCUT2D eigenvalue weighted by molar-refractivity contribution is 5.75. The molecule has 1 aliphatic heterocycles. The second kappa shape index (κ2) is 3.82. The van der Waals surface area contributed by atoms with Crippen LogP contribution in [0.1, 0.15) is 5.56 Å². The number of fused-ring (bicyclic) bond motifs is 1. The van der Waals surface area contributed by atoms with E-state index >= 15 is 0 Å². The van der Waals surface area contributed by atoms with E-state index in [1.54, 1.807) is 6.07 Å². The molecule has 0 aliphatic carbocycles. The molecule has 1 saturated heterocycles. The van der Waals surface area contributed by atoms with Crippen LogP contribution < -0.4 is 0 Å². The molecule has 2 aromatic rings. The van der Waals surface area contributed by atoms with Crippen molar-refractivity contribution in [2.24, 2.45) is 5.92 Å². The van der Waals surface area contributed by atoms with Gasteiger partial charge in [0.05, 0.1) is 17.1 Å². The van der Waals surface area contributed by atoms with Gasteiger partial charge >= 0.3 is 0 Å². The van der Waals surface area contributed by atoms with E-state index in [1.165, 1.54) is 0 Å². The Bertz CT molecular complexity index is 588. The van der Waals surface area contributed by atoms with E-state index < -0.39 is 0 Å². The molecule has 5 nitrogen and oxygen atoms in total. The minimum Gasteiger partial charge on any atom is -0.306 e. The Labute approximate surface area is 99.2 Å². The summed E-state index contributed by atoms with van der Waals surface area (Å²) in [6.07, 6.45) is 0. The van der Waals surface area contributed by atoms with Crippen molar-refractivity contribution in [2.75, 3.05) is 20.1 Å². The van der Waals surface area contributed by atoms with Crippen LogP contribution in [-0.2, 0) is 6.54 Å². The molecule has 1 aliphatic rings. The van der Waals surface area contributed by atoms with Crippen LogP contribution in [0.4, 0.5) is 0 Å². The Morgan fingerprint density at radius 1 is 1.47 bits per heavy atom. The van der Waals surface area contributed by atoms with Crippen molar-refractivity contribution >= 4 is 11.0 Å². The van der Waals surface area contributed by atoms with E-state index in [0.29, 0.717) is 11.5 Å². The Hall–Kier alpha value is -1.93. The first kappa shape index (κ1) is 10.2. The number of nitrogens with zero attached hydrogens (tertiary/aromatic N) is 5. The number of benzene rings is 1. The van der Waals surface area contributed by atoms with Crippen molar-refractivity contribution in [3.05, 3.63) is 23.8 Å². The molecule has 0 spiro atoms. The van der Waals surface area contributed by atoms with E-state index in [4.69, 9.17) is 5.26 Å². The van der Waals surface area contributed by atoms with Crippen molar-refractivity contribution in [3.63, 3.8) is 0 Å². The molecule has 0 bridgehead atoms. The molecule has 1 aromatic carbocycles. The molecule has 2 heterocycles. The molecule has 0 unspecified atom stereocenters. The summed E-state index contributed by atoms with van der Waals surface area (Å²) in [5, 5.41) is 17.2. The number of hydrogen-bond donors (Lipinski definition) is 0. The first-order chi connectivity index (χ1) is 8.26. The van der Waals surface area contributed by atoms with Gasteiger partial charge in [0.2, 0.25) is 0 Å². The average Bonchev–Trinajstić information content (AvgIpc) is 2.70. The highest BCUT2D eigenvalue weighted by Gasteiger charge is 2.24. The normalized spacial score (nSPS) is 16.9. The molecule has 1 aromatic heterocycles. The minimum absolute atomic E-state index is 0.649. The summed E-state index contributed by atoms with van der Waals surface area (Å²) < 4.78 is 1.91. The maximum Gasteiger partial charge on any atom is 0.113 e. The monoisotopic (exact) mass is 227 g/mol. The third-order valence-electron chi connectivity index (χ3n) is 3.21. The van der Waals surface area contributed by atoms with Crippen LogP contribution in [0.3, 0.4) is 0 Å². The molecule has 86 valence electrons. The lowest BCUT2D eigenvalue weighted by Gasteiger charge is -2.35. The van der Waals surface area contributed by atoms with Crippen LogP contribution in [0.5, 0.6) is 0 Å². The molecule has 1 fully saturated rings. The second-order valence-corrected chi connectivity index (χ2v) is 4.67. The van der Waals surface area contributed by atoms with E-state index in [9.17, 15) is 0 Å². The molecule has 17 heavy (non-hydrogen) atoms. The summed E-state index contributed by atoms with van der Waals surface area (Å²) in [7, 11) is 2.11.